The number of aliphatic hydroxyl groups excluding tert-OH is 1. The summed E-state index contributed by atoms with van der Waals surface area (Å²) in [7, 11) is 5.39. The molecule has 0 fully saturated rings. The molecule has 0 saturated heterocycles. The van der Waals surface area contributed by atoms with Gasteiger partial charge in [-0.05, 0) is 96.9 Å². The van der Waals surface area contributed by atoms with E-state index in [0.29, 0.717) is 12.8 Å². The molecular weight excluding hydrogens is 464 g/mol. The maximum absolute atomic E-state index is 11.0. The van der Waals surface area contributed by atoms with Gasteiger partial charge in [-0.3, -0.25) is 9.59 Å². The molecule has 0 bridgehead atoms. The van der Waals surface area contributed by atoms with E-state index in [9.17, 15) is 9.59 Å². The van der Waals surface area contributed by atoms with E-state index in [0.717, 1.165) is 71.3 Å². The number of nitrogens with zero attached hydrogens (tertiary/aromatic N) is 2. The van der Waals surface area contributed by atoms with Gasteiger partial charge in [0, 0.05) is 26.1 Å². The van der Waals surface area contributed by atoms with Gasteiger partial charge in [0.15, 0.2) is 8.32 Å². The van der Waals surface area contributed by atoms with Crippen LogP contribution >= 0.6 is 0 Å². The van der Waals surface area contributed by atoms with Gasteiger partial charge >= 0.3 is 11.9 Å². The molecule has 0 spiro atoms. The summed E-state index contributed by atoms with van der Waals surface area (Å²) in [5, 5.41) is 8.87. The summed E-state index contributed by atoms with van der Waals surface area (Å²) in [6.45, 7) is 16.4. The number of methoxy groups -OCH3 is 2. The van der Waals surface area contributed by atoms with Gasteiger partial charge in [0.1, 0.15) is 0 Å². The van der Waals surface area contributed by atoms with Crippen molar-refractivity contribution in [2.75, 3.05) is 67.7 Å². The lowest BCUT2D eigenvalue weighted by atomic mass is 10.2. The number of aliphatic hydroxyl groups is 1. The molecule has 0 aromatic heterocycles. The van der Waals surface area contributed by atoms with Crippen LogP contribution in [0, 0.1) is 0 Å². The molecule has 1 N–H and O–H groups in total. The van der Waals surface area contributed by atoms with Crippen molar-refractivity contribution in [3.8, 4) is 0 Å². The summed E-state index contributed by atoms with van der Waals surface area (Å²) in [5.74, 6) is -0.264. The highest BCUT2D eigenvalue weighted by Crippen LogP contribution is 2.36. The molecule has 0 aliphatic heterocycles. The number of hydrogen-bond acceptors (Lipinski definition) is 8. The second kappa shape index (κ2) is 21.1. The number of rotatable bonds is 18. The monoisotopic (exact) mass is 520 g/mol. The van der Waals surface area contributed by atoms with E-state index < -0.39 is 8.32 Å². The topological polar surface area (TPSA) is 88.5 Å². The second-order valence-electron chi connectivity index (χ2n) is 10.7. The van der Waals surface area contributed by atoms with Crippen LogP contribution in [-0.2, 0) is 23.5 Å². The molecule has 0 atom stereocenters. The molecule has 0 amide bonds. The van der Waals surface area contributed by atoms with Gasteiger partial charge < -0.3 is 28.8 Å². The summed E-state index contributed by atoms with van der Waals surface area (Å²) >= 11 is 0. The van der Waals surface area contributed by atoms with Gasteiger partial charge in [-0.2, -0.15) is 0 Å². The molecule has 0 unspecified atom stereocenters. The molecule has 0 aliphatic rings. The third-order valence-electron chi connectivity index (χ3n) is 6.45. The average Bonchev–Trinajstić information content (AvgIpc) is 2.78. The van der Waals surface area contributed by atoms with Gasteiger partial charge in [-0.1, -0.05) is 20.8 Å². The molecule has 0 aromatic rings. The molecule has 0 aromatic carbocycles. The van der Waals surface area contributed by atoms with E-state index in [1.807, 2.05) is 7.05 Å². The zero-order valence-electron chi connectivity index (χ0n) is 24.3. The van der Waals surface area contributed by atoms with Crippen molar-refractivity contribution in [1.29, 1.82) is 0 Å². The van der Waals surface area contributed by atoms with Gasteiger partial charge in [-0.15, -0.1) is 0 Å². The van der Waals surface area contributed by atoms with Crippen LogP contribution in [0.4, 0.5) is 0 Å². The van der Waals surface area contributed by atoms with Crippen LogP contribution in [0.5, 0.6) is 0 Å². The smallest absolute Gasteiger partial charge is 0.305 e. The van der Waals surface area contributed by atoms with E-state index in [-0.39, 0.29) is 23.6 Å². The van der Waals surface area contributed by atoms with E-state index in [1.54, 1.807) is 0 Å². The van der Waals surface area contributed by atoms with Crippen molar-refractivity contribution in [3.05, 3.63) is 0 Å². The summed E-state index contributed by atoms with van der Waals surface area (Å²) in [6.07, 6.45) is 6.80. The molecule has 8 nitrogen and oxygen atoms in total. The Bertz CT molecular complexity index is 540. The van der Waals surface area contributed by atoms with Crippen molar-refractivity contribution in [2.45, 2.75) is 90.3 Å². The Morgan fingerprint density at radius 3 is 1.51 bits per heavy atom. The van der Waals surface area contributed by atoms with Gasteiger partial charge in [0.25, 0.3) is 0 Å². The van der Waals surface area contributed by atoms with E-state index in [4.69, 9.17) is 9.53 Å². The normalized spacial score (nSPS) is 11.9. The molecular formula is C26H56N2O6Si. The first-order valence-electron chi connectivity index (χ1n) is 13.1. The maximum atomic E-state index is 11.0. The number of carbonyl (C=O) groups is 2. The Kier molecular flexibility index (Phi) is 21.8. The van der Waals surface area contributed by atoms with Crippen molar-refractivity contribution in [3.63, 3.8) is 0 Å². The van der Waals surface area contributed by atoms with Gasteiger partial charge in [0.05, 0.1) is 14.2 Å². The number of esters is 2. The zero-order valence-corrected chi connectivity index (χ0v) is 25.3. The SMILES string of the molecule is COC(=O)CCCN(C)CCCCO.COC(=O)CCCN(C)CCCCO[Si](C)(C)C(C)(C)C. The maximum Gasteiger partial charge on any atom is 0.305 e. The third-order valence-corrected chi connectivity index (χ3v) is 11.0. The third kappa shape index (κ3) is 22.0. The number of unbranched alkanes of at least 4 members (excludes halogenated alkanes) is 2. The fourth-order valence-electron chi connectivity index (χ4n) is 2.94. The van der Waals surface area contributed by atoms with Crippen LogP contribution in [0.3, 0.4) is 0 Å². The molecule has 35 heavy (non-hydrogen) atoms. The van der Waals surface area contributed by atoms with E-state index in [1.165, 1.54) is 14.2 Å². The van der Waals surface area contributed by atoms with E-state index in [2.05, 4.69) is 60.2 Å². The molecule has 0 aliphatic carbocycles. The van der Waals surface area contributed by atoms with Crippen molar-refractivity contribution in [2.24, 2.45) is 0 Å². The summed E-state index contributed by atoms with van der Waals surface area (Å²) < 4.78 is 15.3. The number of hydrogen-bond donors (Lipinski definition) is 1. The minimum Gasteiger partial charge on any atom is -0.469 e. The Balaban J connectivity index is 0. The lowest BCUT2D eigenvalue weighted by Gasteiger charge is -2.36. The molecule has 9 heteroatoms. The number of ether oxygens (including phenoxy) is 2. The van der Waals surface area contributed by atoms with Crippen LogP contribution in [0.2, 0.25) is 18.1 Å². The fraction of sp³-hybridized carbons (Fsp3) is 0.923. The minimum absolute atomic E-state index is 0.119. The summed E-state index contributed by atoms with van der Waals surface area (Å²) in [5.41, 5.74) is 0. The molecule has 210 valence electrons. The van der Waals surface area contributed by atoms with Crippen molar-refractivity contribution < 1.29 is 28.6 Å². The van der Waals surface area contributed by atoms with E-state index >= 15 is 0 Å². The highest BCUT2D eigenvalue weighted by atomic mass is 28.4. The molecule has 0 heterocycles. The summed E-state index contributed by atoms with van der Waals surface area (Å²) in [6, 6.07) is 0. The first-order valence-corrected chi connectivity index (χ1v) is 16.0. The lowest BCUT2D eigenvalue weighted by Crippen LogP contribution is -2.41. The van der Waals surface area contributed by atoms with Gasteiger partial charge in [-0.25, -0.2) is 0 Å². The largest absolute Gasteiger partial charge is 0.469 e. The molecule has 0 saturated carbocycles. The first kappa shape index (κ1) is 36.2. The number of carbonyl (C=O) groups excluding carboxylic acids is 2. The average molecular weight is 521 g/mol. The lowest BCUT2D eigenvalue weighted by molar-refractivity contribution is -0.141. The Labute approximate surface area is 216 Å². The minimum atomic E-state index is -1.58. The van der Waals surface area contributed by atoms with Gasteiger partial charge in [0.2, 0.25) is 0 Å². The van der Waals surface area contributed by atoms with Crippen molar-refractivity contribution in [1.82, 2.24) is 9.80 Å². The zero-order chi connectivity index (χ0) is 27.3. The predicted molar refractivity (Wildman–Crippen MR) is 146 cm³/mol. The fourth-order valence-corrected chi connectivity index (χ4v) is 4.02. The quantitative estimate of drug-likeness (QED) is 0.162. The summed E-state index contributed by atoms with van der Waals surface area (Å²) in [4.78, 5) is 26.2. The molecule has 0 radical (unpaired) electrons. The van der Waals surface area contributed by atoms with Crippen LogP contribution in [0.1, 0.15) is 72.1 Å². The Morgan fingerprint density at radius 1 is 0.743 bits per heavy atom. The molecule has 0 rings (SSSR count). The standard InChI is InChI=1S/C16H35NO3Si.C10H21NO3/c1-16(2,3)21(6,7)20-14-9-8-12-17(4)13-10-11-15(18)19-5;1-11(7-3-4-9-12)8-5-6-10(13)14-2/h8-14H2,1-7H3;12H,3-9H2,1-2H3. The first-order chi connectivity index (χ1) is 16.3. The second-order valence-corrected chi connectivity index (χ2v) is 15.5. The highest BCUT2D eigenvalue weighted by Gasteiger charge is 2.36. The van der Waals surface area contributed by atoms with Crippen molar-refractivity contribution >= 4 is 20.3 Å². The van der Waals surface area contributed by atoms with Crippen LogP contribution < -0.4 is 0 Å². The Morgan fingerprint density at radius 2 is 1.14 bits per heavy atom. The predicted octanol–water partition coefficient (Wildman–Crippen LogP) is 4.32. The van der Waals surface area contributed by atoms with Crippen LogP contribution in [-0.4, -0.2) is 103 Å². The van der Waals surface area contributed by atoms with Crippen LogP contribution in [0.15, 0.2) is 0 Å². The Hall–Kier alpha value is -1.00. The highest BCUT2D eigenvalue weighted by molar-refractivity contribution is 6.74. The van der Waals surface area contributed by atoms with Crippen LogP contribution in [0.25, 0.3) is 0 Å².